The first-order valence-corrected chi connectivity index (χ1v) is 9.17. The maximum atomic E-state index is 12.2. The number of nitrogens with zero attached hydrogens (tertiary/aromatic N) is 1. The molecule has 0 radical (unpaired) electrons. The Morgan fingerprint density at radius 1 is 1.23 bits per heavy atom. The van der Waals surface area contributed by atoms with Crippen molar-refractivity contribution >= 4 is 27.6 Å². The first-order valence-electron chi connectivity index (χ1n) is 7.68. The molecular formula is C16H19N3O6S. The Balaban J connectivity index is 1.89. The molecule has 140 valence electrons. The summed E-state index contributed by atoms with van der Waals surface area (Å²) in [5.74, 6) is -1.31. The van der Waals surface area contributed by atoms with E-state index in [0.29, 0.717) is 5.69 Å². The Morgan fingerprint density at radius 3 is 2.46 bits per heavy atom. The SMILES string of the molecule is Cc1noc(C)c1S(=O)(=O)NCC(=O)O[C@H](C)C(=O)Nc1ccccc1. The first-order chi connectivity index (χ1) is 12.2. The summed E-state index contributed by atoms with van der Waals surface area (Å²) in [6, 6.07) is 8.66. The molecule has 2 rings (SSSR count). The lowest BCUT2D eigenvalue weighted by atomic mass is 10.3. The van der Waals surface area contributed by atoms with Crippen molar-refractivity contribution in [3.8, 4) is 0 Å². The molecule has 0 saturated carbocycles. The number of rotatable bonds is 7. The van der Waals surface area contributed by atoms with Gasteiger partial charge in [-0.2, -0.15) is 4.72 Å². The van der Waals surface area contributed by atoms with Crippen LogP contribution in [0.2, 0.25) is 0 Å². The van der Waals surface area contributed by atoms with Gasteiger partial charge in [-0.1, -0.05) is 23.4 Å². The van der Waals surface area contributed by atoms with E-state index in [1.54, 1.807) is 30.3 Å². The van der Waals surface area contributed by atoms with Crippen LogP contribution in [0.1, 0.15) is 18.4 Å². The minimum atomic E-state index is -3.99. The number of anilines is 1. The lowest BCUT2D eigenvalue weighted by molar-refractivity contribution is -0.151. The number of para-hydroxylation sites is 1. The van der Waals surface area contributed by atoms with Gasteiger partial charge in [0.1, 0.15) is 17.1 Å². The topological polar surface area (TPSA) is 128 Å². The second-order valence-corrected chi connectivity index (χ2v) is 7.17. The molecule has 2 N–H and O–H groups in total. The van der Waals surface area contributed by atoms with Crippen LogP contribution < -0.4 is 10.0 Å². The van der Waals surface area contributed by atoms with Gasteiger partial charge in [-0.25, -0.2) is 8.42 Å². The molecule has 0 saturated heterocycles. The number of nitrogens with one attached hydrogen (secondary N) is 2. The second kappa shape index (κ2) is 8.11. The van der Waals surface area contributed by atoms with Crippen LogP contribution in [0.25, 0.3) is 0 Å². The van der Waals surface area contributed by atoms with E-state index in [2.05, 4.69) is 15.2 Å². The van der Waals surface area contributed by atoms with Gasteiger partial charge in [0, 0.05) is 5.69 Å². The summed E-state index contributed by atoms with van der Waals surface area (Å²) in [6.45, 7) is 3.68. The average Bonchev–Trinajstić information content (AvgIpc) is 2.93. The number of sulfonamides is 1. The highest BCUT2D eigenvalue weighted by Gasteiger charge is 2.26. The van der Waals surface area contributed by atoms with E-state index < -0.39 is 34.5 Å². The second-order valence-electron chi connectivity index (χ2n) is 5.47. The predicted octanol–water partition coefficient (Wildman–Crippen LogP) is 1.14. The minimum absolute atomic E-state index is 0.110. The fourth-order valence-electron chi connectivity index (χ4n) is 2.14. The molecule has 1 atom stereocenters. The molecule has 0 aliphatic carbocycles. The number of carbonyl (C=O) groups excluding carboxylic acids is 2. The zero-order valence-corrected chi connectivity index (χ0v) is 15.3. The molecule has 26 heavy (non-hydrogen) atoms. The van der Waals surface area contributed by atoms with Gasteiger partial charge in [0.2, 0.25) is 10.0 Å². The van der Waals surface area contributed by atoms with Gasteiger partial charge < -0.3 is 14.6 Å². The quantitative estimate of drug-likeness (QED) is 0.688. The van der Waals surface area contributed by atoms with Crippen LogP contribution in [0, 0.1) is 13.8 Å². The summed E-state index contributed by atoms with van der Waals surface area (Å²) < 4.78 is 36.3. The Morgan fingerprint density at radius 2 is 1.88 bits per heavy atom. The van der Waals surface area contributed by atoms with Crippen LogP contribution in [-0.4, -0.2) is 38.1 Å². The van der Waals surface area contributed by atoms with Crippen molar-refractivity contribution in [1.29, 1.82) is 0 Å². The fraction of sp³-hybridized carbons (Fsp3) is 0.312. The number of amides is 1. The Kier molecular flexibility index (Phi) is 6.11. The van der Waals surface area contributed by atoms with E-state index in [4.69, 9.17) is 9.26 Å². The van der Waals surface area contributed by atoms with Gasteiger partial charge in [-0.3, -0.25) is 9.59 Å². The average molecular weight is 381 g/mol. The number of carbonyl (C=O) groups is 2. The van der Waals surface area contributed by atoms with Crippen molar-refractivity contribution in [2.75, 3.05) is 11.9 Å². The molecule has 0 aliphatic heterocycles. The number of esters is 1. The molecule has 10 heteroatoms. The number of benzene rings is 1. The molecule has 1 aromatic heterocycles. The highest BCUT2D eigenvalue weighted by Crippen LogP contribution is 2.18. The molecule has 2 aromatic rings. The van der Waals surface area contributed by atoms with Gasteiger partial charge in [-0.05, 0) is 32.9 Å². The summed E-state index contributed by atoms with van der Waals surface area (Å²) in [7, 11) is -3.99. The Bertz CT molecular complexity index is 872. The Hall–Kier alpha value is -2.72. The molecule has 1 heterocycles. The smallest absolute Gasteiger partial charge is 0.321 e. The molecule has 9 nitrogen and oxygen atoms in total. The van der Waals surface area contributed by atoms with Crippen LogP contribution in [0.3, 0.4) is 0 Å². The standard InChI is InChI=1S/C16H19N3O6S/c1-10-15(11(2)25-19-10)26(22,23)17-9-14(20)24-12(3)16(21)18-13-7-5-4-6-8-13/h4-8,12,17H,9H2,1-3H3,(H,18,21)/t12-/m1/s1. The van der Waals surface area contributed by atoms with E-state index in [1.807, 2.05) is 0 Å². The van der Waals surface area contributed by atoms with E-state index in [1.165, 1.54) is 20.8 Å². The van der Waals surface area contributed by atoms with Crippen molar-refractivity contribution < 1.29 is 27.3 Å². The van der Waals surface area contributed by atoms with Crippen molar-refractivity contribution in [2.45, 2.75) is 31.8 Å². The molecule has 0 unspecified atom stereocenters. The van der Waals surface area contributed by atoms with Gasteiger partial charge in [0.25, 0.3) is 5.91 Å². The molecular weight excluding hydrogens is 362 g/mol. The lowest BCUT2D eigenvalue weighted by Gasteiger charge is -2.14. The number of hydrogen-bond acceptors (Lipinski definition) is 7. The highest BCUT2D eigenvalue weighted by molar-refractivity contribution is 7.89. The molecule has 0 bridgehead atoms. The largest absolute Gasteiger partial charge is 0.452 e. The third-order valence-electron chi connectivity index (χ3n) is 3.36. The summed E-state index contributed by atoms with van der Waals surface area (Å²) in [6.07, 6.45) is -1.09. The molecule has 1 amide bonds. The summed E-state index contributed by atoms with van der Waals surface area (Å²) in [5, 5.41) is 6.14. The summed E-state index contributed by atoms with van der Waals surface area (Å²) in [5.41, 5.74) is 0.735. The maximum Gasteiger partial charge on any atom is 0.321 e. The fourth-order valence-corrected chi connectivity index (χ4v) is 3.44. The number of ether oxygens (including phenoxy) is 1. The molecule has 0 spiro atoms. The van der Waals surface area contributed by atoms with Gasteiger partial charge in [-0.15, -0.1) is 0 Å². The van der Waals surface area contributed by atoms with Crippen molar-refractivity contribution in [3.05, 3.63) is 41.8 Å². The van der Waals surface area contributed by atoms with Crippen LogP contribution >= 0.6 is 0 Å². The normalized spacial score (nSPS) is 12.4. The van der Waals surface area contributed by atoms with E-state index in [9.17, 15) is 18.0 Å². The first kappa shape index (κ1) is 19.6. The summed E-state index contributed by atoms with van der Waals surface area (Å²) in [4.78, 5) is 23.7. The number of hydrogen-bond donors (Lipinski definition) is 2. The van der Waals surface area contributed by atoms with E-state index >= 15 is 0 Å². The monoisotopic (exact) mass is 381 g/mol. The third-order valence-corrected chi connectivity index (χ3v) is 5.01. The highest BCUT2D eigenvalue weighted by atomic mass is 32.2. The number of aryl methyl sites for hydroxylation is 2. The summed E-state index contributed by atoms with van der Waals surface area (Å²) >= 11 is 0. The van der Waals surface area contributed by atoms with E-state index in [-0.39, 0.29) is 16.3 Å². The van der Waals surface area contributed by atoms with Crippen LogP contribution in [-0.2, 0) is 24.3 Å². The third kappa shape index (κ3) is 4.90. The maximum absolute atomic E-state index is 12.2. The molecule has 1 aromatic carbocycles. The predicted molar refractivity (Wildman–Crippen MR) is 91.8 cm³/mol. The lowest BCUT2D eigenvalue weighted by Crippen LogP contribution is -2.36. The van der Waals surface area contributed by atoms with E-state index in [0.717, 1.165) is 0 Å². The molecule has 0 aliphatic rings. The zero-order valence-electron chi connectivity index (χ0n) is 14.5. The Labute approximate surface area is 150 Å². The van der Waals surface area contributed by atoms with Crippen molar-refractivity contribution in [1.82, 2.24) is 9.88 Å². The minimum Gasteiger partial charge on any atom is -0.452 e. The van der Waals surface area contributed by atoms with Crippen molar-refractivity contribution in [2.24, 2.45) is 0 Å². The van der Waals surface area contributed by atoms with Crippen LogP contribution in [0.4, 0.5) is 5.69 Å². The van der Waals surface area contributed by atoms with Gasteiger partial charge in [0.15, 0.2) is 11.9 Å². The van der Waals surface area contributed by atoms with Gasteiger partial charge >= 0.3 is 5.97 Å². The zero-order chi connectivity index (χ0) is 19.3. The number of aromatic nitrogens is 1. The van der Waals surface area contributed by atoms with Crippen LogP contribution in [0.5, 0.6) is 0 Å². The van der Waals surface area contributed by atoms with Crippen LogP contribution in [0.15, 0.2) is 39.8 Å². The molecule has 0 fully saturated rings. The van der Waals surface area contributed by atoms with Crippen molar-refractivity contribution in [3.63, 3.8) is 0 Å². The van der Waals surface area contributed by atoms with Gasteiger partial charge in [0.05, 0.1) is 0 Å².